The molecule has 1 heterocycles. The smallest absolute Gasteiger partial charge is 0.220 e. The SMILES string of the molecule is COC(OC)[C@@H]1[C@@H](CCF)C(=O)N1[Si](C)(C)C. The number of alkyl halides is 1. The largest absolute Gasteiger partial charge is 0.361 e. The van der Waals surface area contributed by atoms with E-state index in [1.165, 1.54) is 0 Å². The molecule has 1 rings (SSSR count). The molecule has 1 saturated heterocycles. The molecule has 6 heteroatoms. The first-order valence-corrected chi connectivity index (χ1v) is 9.28. The highest BCUT2D eigenvalue weighted by Crippen LogP contribution is 2.37. The molecule has 0 bridgehead atoms. The summed E-state index contributed by atoms with van der Waals surface area (Å²) in [6, 6.07) is -0.139. The van der Waals surface area contributed by atoms with Gasteiger partial charge in [0.2, 0.25) is 5.91 Å². The summed E-state index contributed by atoms with van der Waals surface area (Å²) >= 11 is 0. The fraction of sp³-hybridized carbons (Fsp3) is 0.909. The predicted molar refractivity (Wildman–Crippen MR) is 65.9 cm³/mol. The normalized spacial score (nSPS) is 25.4. The first-order valence-electron chi connectivity index (χ1n) is 5.83. The number of halogens is 1. The number of β-lactam (4-membered cyclic amide) rings is 1. The van der Waals surface area contributed by atoms with Gasteiger partial charge in [0.25, 0.3) is 0 Å². The molecule has 0 unspecified atom stereocenters. The van der Waals surface area contributed by atoms with Crippen LogP contribution in [0.15, 0.2) is 0 Å². The molecule has 100 valence electrons. The monoisotopic (exact) mass is 263 g/mol. The Morgan fingerprint density at radius 2 is 1.88 bits per heavy atom. The van der Waals surface area contributed by atoms with Crippen LogP contribution in [0.3, 0.4) is 0 Å². The lowest BCUT2D eigenvalue weighted by atomic mass is 9.87. The molecule has 0 radical (unpaired) electrons. The average molecular weight is 263 g/mol. The Hall–Kier alpha value is -0.463. The van der Waals surface area contributed by atoms with Crippen LogP contribution in [0.25, 0.3) is 0 Å². The number of ether oxygens (including phenoxy) is 2. The lowest BCUT2D eigenvalue weighted by Gasteiger charge is -2.55. The lowest BCUT2D eigenvalue weighted by Crippen LogP contribution is -2.73. The Labute approximate surface area is 103 Å². The first-order chi connectivity index (χ1) is 7.88. The molecular weight excluding hydrogens is 241 g/mol. The van der Waals surface area contributed by atoms with Crippen LogP contribution in [0, 0.1) is 5.92 Å². The molecule has 0 N–H and O–H groups in total. The number of amides is 1. The highest BCUT2D eigenvalue weighted by atomic mass is 28.3. The molecule has 1 aliphatic heterocycles. The molecule has 0 aliphatic carbocycles. The Kier molecular flexibility index (Phi) is 4.68. The highest BCUT2D eigenvalue weighted by Gasteiger charge is 2.55. The van der Waals surface area contributed by atoms with Gasteiger partial charge >= 0.3 is 0 Å². The lowest BCUT2D eigenvalue weighted by molar-refractivity contribution is -0.190. The molecule has 0 spiro atoms. The quantitative estimate of drug-likeness (QED) is 0.415. The van der Waals surface area contributed by atoms with Gasteiger partial charge in [-0.25, -0.2) is 0 Å². The van der Waals surface area contributed by atoms with Crippen LogP contribution in [0.5, 0.6) is 0 Å². The molecule has 17 heavy (non-hydrogen) atoms. The molecule has 0 saturated carbocycles. The van der Waals surface area contributed by atoms with Crippen molar-refractivity contribution in [1.29, 1.82) is 0 Å². The molecule has 1 aliphatic rings. The predicted octanol–water partition coefficient (Wildman–Crippen LogP) is 1.63. The Bertz CT molecular complexity index is 278. The van der Waals surface area contributed by atoms with Crippen molar-refractivity contribution >= 4 is 14.1 Å². The number of nitrogens with zero attached hydrogens (tertiary/aromatic N) is 1. The van der Waals surface area contributed by atoms with E-state index in [0.29, 0.717) is 0 Å². The maximum atomic E-state index is 12.5. The van der Waals surface area contributed by atoms with Gasteiger partial charge in [0.15, 0.2) is 14.5 Å². The van der Waals surface area contributed by atoms with Crippen LogP contribution in [0.2, 0.25) is 19.6 Å². The third kappa shape index (κ3) is 2.69. The standard InChI is InChI=1S/C11H22FNO3Si/c1-15-11(16-2)9-8(6-7-12)10(14)13(9)17(3,4)5/h8-9,11H,6-7H2,1-5H3/t8-,9+/m1/s1. The first kappa shape index (κ1) is 14.6. The van der Waals surface area contributed by atoms with E-state index in [2.05, 4.69) is 19.6 Å². The molecule has 1 fully saturated rings. The van der Waals surface area contributed by atoms with Crippen LogP contribution in [-0.4, -0.2) is 51.9 Å². The second-order valence-electron chi connectivity index (χ2n) is 5.29. The summed E-state index contributed by atoms with van der Waals surface area (Å²) in [5.74, 6) is -0.248. The van der Waals surface area contributed by atoms with Gasteiger partial charge in [-0.05, 0) is 6.42 Å². The van der Waals surface area contributed by atoms with Crippen molar-refractivity contribution in [2.24, 2.45) is 5.92 Å². The molecular formula is C11H22FNO3Si. The maximum Gasteiger partial charge on any atom is 0.220 e. The number of carbonyl (C=O) groups excluding carboxylic acids is 1. The average Bonchev–Trinajstić information content (AvgIpc) is 2.24. The van der Waals surface area contributed by atoms with E-state index in [4.69, 9.17) is 9.47 Å². The molecule has 0 aromatic heterocycles. The minimum Gasteiger partial charge on any atom is -0.361 e. The topological polar surface area (TPSA) is 38.8 Å². The minimum atomic E-state index is -1.76. The van der Waals surface area contributed by atoms with Crippen molar-refractivity contribution < 1.29 is 18.7 Å². The second kappa shape index (κ2) is 5.45. The summed E-state index contributed by atoms with van der Waals surface area (Å²) in [6.45, 7) is 5.79. The van der Waals surface area contributed by atoms with Crippen molar-refractivity contribution in [3.63, 3.8) is 0 Å². The van der Waals surface area contributed by atoms with Crippen molar-refractivity contribution in [2.75, 3.05) is 20.9 Å². The third-order valence-corrected chi connectivity index (χ3v) is 5.12. The van der Waals surface area contributed by atoms with Gasteiger partial charge in [0, 0.05) is 14.2 Å². The molecule has 0 aromatic carbocycles. The number of hydrogen-bond acceptors (Lipinski definition) is 3. The zero-order valence-corrected chi connectivity index (χ0v) is 12.2. The van der Waals surface area contributed by atoms with Crippen LogP contribution in [-0.2, 0) is 14.3 Å². The van der Waals surface area contributed by atoms with E-state index in [1.54, 1.807) is 14.2 Å². The van der Waals surface area contributed by atoms with Gasteiger partial charge in [-0.2, -0.15) is 0 Å². The Morgan fingerprint density at radius 3 is 2.24 bits per heavy atom. The summed E-state index contributed by atoms with van der Waals surface area (Å²) < 4.78 is 24.8. The summed E-state index contributed by atoms with van der Waals surface area (Å²) in [7, 11) is 1.33. The summed E-state index contributed by atoms with van der Waals surface area (Å²) in [6.07, 6.45) is -0.204. The summed E-state index contributed by atoms with van der Waals surface area (Å²) in [5.41, 5.74) is 0. The van der Waals surface area contributed by atoms with Crippen molar-refractivity contribution in [2.45, 2.75) is 38.4 Å². The third-order valence-electron chi connectivity index (χ3n) is 3.15. The van der Waals surface area contributed by atoms with E-state index in [1.807, 2.05) is 4.57 Å². The fourth-order valence-electron chi connectivity index (χ4n) is 2.45. The second-order valence-corrected chi connectivity index (χ2v) is 10.1. The van der Waals surface area contributed by atoms with E-state index in [9.17, 15) is 9.18 Å². The zero-order chi connectivity index (χ0) is 13.2. The molecule has 4 nitrogen and oxygen atoms in total. The van der Waals surface area contributed by atoms with Gasteiger partial charge in [-0.3, -0.25) is 9.18 Å². The van der Waals surface area contributed by atoms with Crippen LogP contribution < -0.4 is 0 Å². The summed E-state index contributed by atoms with van der Waals surface area (Å²) in [4.78, 5) is 12.0. The van der Waals surface area contributed by atoms with Gasteiger partial charge in [-0.1, -0.05) is 19.6 Å². The minimum absolute atomic E-state index is 0.0471. The maximum absolute atomic E-state index is 12.5. The Balaban J connectivity index is 2.88. The molecule has 0 aromatic rings. The van der Waals surface area contributed by atoms with E-state index < -0.39 is 21.2 Å². The highest BCUT2D eigenvalue weighted by molar-refractivity contribution is 6.76. The number of hydrogen-bond donors (Lipinski definition) is 0. The van der Waals surface area contributed by atoms with Crippen LogP contribution in [0.4, 0.5) is 4.39 Å². The summed E-state index contributed by atoms with van der Waals surface area (Å²) in [5, 5.41) is 0. The van der Waals surface area contributed by atoms with Gasteiger partial charge < -0.3 is 14.0 Å². The van der Waals surface area contributed by atoms with Crippen molar-refractivity contribution in [3.05, 3.63) is 0 Å². The van der Waals surface area contributed by atoms with Crippen molar-refractivity contribution in [3.8, 4) is 0 Å². The van der Waals surface area contributed by atoms with Crippen LogP contribution in [0.1, 0.15) is 6.42 Å². The molecule has 2 atom stereocenters. The van der Waals surface area contributed by atoms with E-state index in [0.717, 1.165) is 0 Å². The zero-order valence-electron chi connectivity index (χ0n) is 11.2. The van der Waals surface area contributed by atoms with Gasteiger partial charge in [-0.15, -0.1) is 0 Å². The Morgan fingerprint density at radius 1 is 1.35 bits per heavy atom. The van der Waals surface area contributed by atoms with E-state index >= 15 is 0 Å². The number of rotatable bonds is 6. The van der Waals surface area contributed by atoms with Gasteiger partial charge in [0.1, 0.15) is 0 Å². The van der Waals surface area contributed by atoms with Gasteiger partial charge in [0.05, 0.1) is 18.6 Å². The number of methoxy groups -OCH3 is 2. The van der Waals surface area contributed by atoms with Crippen molar-refractivity contribution in [1.82, 2.24) is 4.57 Å². The van der Waals surface area contributed by atoms with Crippen LogP contribution >= 0.6 is 0 Å². The number of carbonyl (C=O) groups is 1. The molecule has 1 amide bonds. The fourth-order valence-corrected chi connectivity index (χ4v) is 4.47. The van der Waals surface area contributed by atoms with E-state index in [-0.39, 0.29) is 24.3 Å².